The van der Waals surface area contributed by atoms with E-state index >= 15 is 0 Å². The van der Waals surface area contributed by atoms with Gasteiger partial charge in [0.15, 0.2) is 6.10 Å². The lowest BCUT2D eigenvalue weighted by atomic mass is 10.0. The largest absolute Gasteiger partial charge is 0.462 e. The summed E-state index contributed by atoms with van der Waals surface area (Å²) in [5, 5.41) is 0. The molecule has 0 radical (unpaired) electrons. The molecule has 0 aromatic heterocycles. The van der Waals surface area contributed by atoms with Crippen molar-refractivity contribution in [2.75, 3.05) is 13.2 Å². The average Bonchev–Trinajstić information content (AvgIpc) is 3.37. The topological polar surface area (TPSA) is 78.9 Å². The fourth-order valence-electron chi connectivity index (χ4n) is 8.68. The SMILES string of the molecule is CC/C=C\C/C=C\C/C=C\C/C=C\C/C=C\C/C=C\CCCCCCCCCCCCCCCCCCC(=O)OCC(COC(=O)CCCCCCCCCC)OC(=O)CCCCCCCCCCCC. The van der Waals surface area contributed by atoms with E-state index < -0.39 is 6.10 Å². The Kier molecular flexibility index (Phi) is 56.8. The molecular formula is C65H114O6. The Labute approximate surface area is 440 Å². The molecule has 0 N–H and O–H groups in total. The Morgan fingerprint density at radius 3 is 0.859 bits per heavy atom. The molecule has 6 nitrogen and oxygen atoms in total. The molecule has 0 aliphatic rings. The second-order valence-electron chi connectivity index (χ2n) is 20.2. The van der Waals surface area contributed by atoms with Gasteiger partial charge in [0.05, 0.1) is 0 Å². The van der Waals surface area contributed by atoms with Crippen LogP contribution in [0.15, 0.2) is 72.9 Å². The second kappa shape index (κ2) is 59.4. The lowest BCUT2D eigenvalue weighted by Gasteiger charge is -2.18. The van der Waals surface area contributed by atoms with Crippen LogP contribution in [0.1, 0.15) is 303 Å². The van der Waals surface area contributed by atoms with Gasteiger partial charge in [0.2, 0.25) is 0 Å². The number of hydrogen-bond donors (Lipinski definition) is 0. The Hall–Kier alpha value is -3.15. The van der Waals surface area contributed by atoms with E-state index in [9.17, 15) is 14.4 Å². The zero-order chi connectivity index (χ0) is 51.4. The van der Waals surface area contributed by atoms with Gasteiger partial charge in [0.1, 0.15) is 13.2 Å². The van der Waals surface area contributed by atoms with E-state index in [0.717, 1.165) is 96.3 Å². The number of allylic oxidation sites excluding steroid dienone is 12. The molecule has 0 spiro atoms. The minimum atomic E-state index is -0.766. The first-order chi connectivity index (χ1) is 35.0. The molecule has 0 fully saturated rings. The van der Waals surface area contributed by atoms with Crippen molar-refractivity contribution in [3.05, 3.63) is 72.9 Å². The zero-order valence-electron chi connectivity index (χ0n) is 47.0. The lowest BCUT2D eigenvalue weighted by Crippen LogP contribution is -2.30. The highest BCUT2D eigenvalue weighted by molar-refractivity contribution is 5.71. The Bertz CT molecular complexity index is 1320. The summed E-state index contributed by atoms with van der Waals surface area (Å²) in [6.45, 7) is 6.50. The van der Waals surface area contributed by atoms with Gasteiger partial charge in [-0.1, -0.05) is 286 Å². The van der Waals surface area contributed by atoms with Crippen molar-refractivity contribution in [1.82, 2.24) is 0 Å². The van der Waals surface area contributed by atoms with Crippen molar-refractivity contribution < 1.29 is 28.6 Å². The van der Waals surface area contributed by atoms with Gasteiger partial charge in [-0.05, 0) is 70.6 Å². The second-order valence-corrected chi connectivity index (χ2v) is 20.2. The number of ether oxygens (including phenoxy) is 3. The molecule has 0 amide bonds. The van der Waals surface area contributed by atoms with Gasteiger partial charge in [-0.3, -0.25) is 14.4 Å². The average molecular weight is 992 g/mol. The highest BCUT2D eigenvalue weighted by atomic mass is 16.6. The molecule has 0 bridgehead atoms. The van der Waals surface area contributed by atoms with Gasteiger partial charge in [0.25, 0.3) is 0 Å². The Balaban J connectivity index is 3.94. The van der Waals surface area contributed by atoms with Crippen LogP contribution in [0.4, 0.5) is 0 Å². The van der Waals surface area contributed by atoms with Gasteiger partial charge in [-0.25, -0.2) is 0 Å². The normalized spacial score (nSPS) is 12.5. The molecule has 0 rings (SSSR count). The predicted molar refractivity (Wildman–Crippen MR) is 307 cm³/mol. The minimum Gasteiger partial charge on any atom is -0.462 e. The standard InChI is InChI=1S/C65H114O6/c1-4-7-10-13-16-19-21-22-23-24-25-26-27-28-29-30-31-32-33-34-35-36-37-38-39-40-41-42-43-44-45-47-49-52-55-58-64(67)70-61-62(60-69-63(66)57-54-51-48-18-15-12-9-6-3)71-65(68)59-56-53-50-46-20-17-14-11-8-5-2/h7,10,16,19,22-23,25-26,28-29,31-32,62H,4-6,8-9,11-15,17-18,20-21,24,27,30,33-61H2,1-3H3/b10-7-,19-16-,23-22-,26-25-,29-28-,32-31-. The van der Waals surface area contributed by atoms with Crippen LogP contribution in [0.2, 0.25) is 0 Å². The number of carbonyl (C=O) groups excluding carboxylic acids is 3. The highest BCUT2D eigenvalue weighted by Gasteiger charge is 2.19. The van der Waals surface area contributed by atoms with Crippen molar-refractivity contribution in [2.24, 2.45) is 0 Å². The van der Waals surface area contributed by atoms with Crippen LogP contribution in [0.5, 0.6) is 0 Å². The van der Waals surface area contributed by atoms with E-state index in [1.807, 2.05) is 0 Å². The first kappa shape index (κ1) is 67.8. The summed E-state index contributed by atoms with van der Waals surface area (Å²) >= 11 is 0. The van der Waals surface area contributed by atoms with Crippen LogP contribution in [-0.4, -0.2) is 37.2 Å². The molecule has 0 aromatic carbocycles. The number of carbonyl (C=O) groups is 3. The zero-order valence-corrected chi connectivity index (χ0v) is 47.0. The first-order valence-electron chi connectivity index (χ1n) is 30.4. The maximum Gasteiger partial charge on any atom is 0.306 e. The fourth-order valence-corrected chi connectivity index (χ4v) is 8.68. The van der Waals surface area contributed by atoms with Gasteiger partial charge >= 0.3 is 17.9 Å². The Morgan fingerprint density at radius 1 is 0.296 bits per heavy atom. The summed E-state index contributed by atoms with van der Waals surface area (Å²) in [5.74, 6) is -0.864. The van der Waals surface area contributed by atoms with Crippen LogP contribution in [0.25, 0.3) is 0 Å². The summed E-state index contributed by atoms with van der Waals surface area (Å²) in [4.78, 5) is 37.9. The van der Waals surface area contributed by atoms with Crippen molar-refractivity contribution in [1.29, 1.82) is 0 Å². The summed E-state index contributed by atoms with van der Waals surface area (Å²) in [6.07, 6.45) is 76.6. The van der Waals surface area contributed by atoms with E-state index in [1.165, 1.54) is 167 Å². The van der Waals surface area contributed by atoms with Crippen LogP contribution in [-0.2, 0) is 28.6 Å². The van der Waals surface area contributed by atoms with Gasteiger partial charge < -0.3 is 14.2 Å². The van der Waals surface area contributed by atoms with Crippen molar-refractivity contribution in [3.63, 3.8) is 0 Å². The first-order valence-corrected chi connectivity index (χ1v) is 30.4. The molecule has 0 saturated carbocycles. The van der Waals surface area contributed by atoms with Crippen molar-refractivity contribution >= 4 is 17.9 Å². The summed E-state index contributed by atoms with van der Waals surface area (Å²) in [5.41, 5.74) is 0. The number of hydrogen-bond acceptors (Lipinski definition) is 6. The van der Waals surface area contributed by atoms with E-state index in [0.29, 0.717) is 19.3 Å². The van der Waals surface area contributed by atoms with Gasteiger partial charge in [-0.2, -0.15) is 0 Å². The van der Waals surface area contributed by atoms with E-state index in [2.05, 4.69) is 93.7 Å². The maximum atomic E-state index is 12.7. The molecule has 1 unspecified atom stereocenters. The van der Waals surface area contributed by atoms with Gasteiger partial charge in [0, 0.05) is 19.3 Å². The van der Waals surface area contributed by atoms with Crippen LogP contribution < -0.4 is 0 Å². The lowest BCUT2D eigenvalue weighted by molar-refractivity contribution is -0.167. The molecule has 1 atom stereocenters. The molecule has 0 aliphatic carbocycles. The fraction of sp³-hybridized carbons (Fsp3) is 0.769. The molecule has 0 aromatic rings. The molecule has 6 heteroatoms. The van der Waals surface area contributed by atoms with Crippen LogP contribution in [0.3, 0.4) is 0 Å². The predicted octanol–water partition coefficient (Wildman–Crippen LogP) is 20.5. The third-order valence-corrected chi connectivity index (χ3v) is 13.2. The van der Waals surface area contributed by atoms with Gasteiger partial charge in [-0.15, -0.1) is 0 Å². The molecule has 0 saturated heterocycles. The van der Waals surface area contributed by atoms with E-state index in [-0.39, 0.29) is 31.1 Å². The number of unbranched alkanes of at least 4 members (excludes halogenated alkanes) is 32. The third kappa shape index (κ3) is 57.6. The molecule has 0 aliphatic heterocycles. The Morgan fingerprint density at radius 2 is 0.549 bits per heavy atom. The summed E-state index contributed by atoms with van der Waals surface area (Å²) in [6, 6.07) is 0. The van der Waals surface area contributed by atoms with Crippen molar-refractivity contribution in [3.8, 4) is 0 Å². The van der Waals surface area contributed by atoms with Crippen molar-refractivity contribution in [2.45, 2.75) is 309 Å². The van der Waals surface area contributed by atoms with E-state index in [1.54, 1.807) is 0 Å². The molecule has 410 valence electrons. The number of rotatable bonds is 55. The maximum absolute atomic E-state index is 12.7. The summed E-state index contributed by atoms with van der Waals surface area (Å²) < 4.78 is 16.8. The minimum absolute atomic E-state index is 0.0692. The van der Waals surface area contributed by atoms with E-state index in [4.69, 9.17) is 14.2 Å². The quantitative estimate of drug-likeness (QED) is 0.0261. The smallest absolute Gasteiger partial charge is 0.306 e. The molecule has 0 heterocycles. The monoisotopic (exact) mass is 991 g/mol. The molecular weight excluding hydrogens is 877 g/mol. The number of esters is 3. The van der Waals surface area contributed by atoms with Crippen LogP contribution >= 0.6 is 0 Å². The highest BCUT2D eigenvalue weighted by Crippen LogP contribution is 2.17. The van der Waals surface area contributed by atoms with Crippen LogP contribution in [0, 0.1) is 0 Å². The third-order valence-electron chi connectivity index (χ3n) is 13.2. The summed E-state index contributed by atoms with van der Waals surface area (Å²) in [7, 11) is 0. The molecule has 71 heavy (non-hydrogen) atoms.